The van der Waals surface area contributed by atoms with E-state index in [0.29, 0.717) is 34.3 Å². The first-order chi connectivity index (χ1) is 15.8. The highest BCUT2D eigenvalue weighted by Gasteiger charge is 2.21. The van der Waals surface area contributed by atoms with E-state index in [2.05, 4.69) is 9.88 Å². The van der Waals surface area contributed by atoms with Gasteiger partial charge < -0.3 is 14.7 Å². The molecule has 1 N–H and O–H groups in total. The van der Waals surface area contributed by atoms with Gasteiger partial charge in [0.1, 0.15) is 24.0 Å². The second-order valence-electron chi connectivity index (χ2n) is 7.99. The molecule has 0 saturated carbocycles. The van der Waals surface area contributed by atoms with Crippen molar-refractivity contribution < 1.29 is 19.0 Å². The van der Waals surface area contributed by atoms with E-state index in [0.717, 1.165) is 18.7 Å². The molecule has 0 amide bonds. The van der Waals surface area contributed by atoms with Crippen LogP contribution in [-0.2, 0) is 19.5 Å². The molecule has 1 aliphatic heterocycles. The fraction of sp³-hybridized carbons (Fsp3) is 0.292. The maximum Gasteiger partial charge on any atom is 0.338 e. The Labute approximate surface area is 195 Å². The Morgan fingerprint density at radius 3 is 2.82 bits per heavy atom. The predicted molar refractivity (Wildman–Crippen MR) is 123 cm³/mol. The number of hydrogen-bond donors (Lipinski definition) is 1. The van der Waals surface area contributed by atoms with Crippen molar-refractivity contribution in [1.29, 1.82) is 0 Å². The first-order valence-corrected chi connectivity index (χ1v) is 10.9. The molecule has 33 heavy (non-hydrogen) atoms. The van der Waals surface area contributed by atoms with Crippen LogP contribution < -0.4 is 10.3 Å². The minimum atomic E-state index is -1.36. The van der Waals surface area contributed by atoms with Crippen LogP contribution >= 0.6 is 11.6 Å². The molecule has 2 aromatic carbocycles. The Balaban J connectivity index is 1.60. The molecule has 172 valence electrons. The maximum absolute atomic E-state index is 14.9. The van der Waals surface area contributed by atoms with Crippen molar-refractivity contribution in [2.24, 2.45) is 0 Å². The lowest BCUT2D eigenvalue weighted by atomic mass is 10.0. The number of benzene rings is 2. The van der Waals surface area contributed by atoms with Crippen LogP contribution in [0.15, 0.2) is 41.2 Å². The number of nitrogens with zero attached hydrogens (tertiary/aromatic N) is 3. The van der Waals surface area contributed by atoms with Crippen molar-refractivity contribution in [2.45, 2.75) is 26.4 Å². The predicted octanol–water partition coefficient (Wildman–Crippen LogP) is 3.78. The van der Waals surface area contributed by atoms with E-state index in [-0.39, 0.29) is 24.3 Å². The van der Waals surface area contributed by atoms with E-state index in [1.807, 2.05) is 7.05 Å². The Bertz CT molecular complexity index is 1290. The Kier molecular flexibility index (Phi) is 6.49. The van der Waals surface area contributed by atoms with Crippen LogP contribution in [0, 0.1) is 12.7 Å². The zero-order valence-electron chi connectivity index (χ0n) is 18.3. The molecule has 3 aromatic rings. The number of hydrogen-bond acceptors (Lipinski definition) is 5. The Morgan fingerprint density at radius 2 is 2.06 bits per heavy atom. The van der Waals surface area contributed by atoms with Gasteiger partial charge in [-0.3, -0.25) is 9.36 Å². The smallest absolute Gasteiger partial charge is 0.338 e. The summed E-state index contributed by atoms with van der Waals surface area (Å²) in [6.07, 6.45) is 0.744. The van der Waals surface area contributed by atoms with Gasteiger partial charge >= 0.3 is 5.97 Å². The molecule has 7 nitrogen and oxygen atoms in total. The number of ether oxygens (including phenoxy) is 1. The molecule has 1 aliphatic rings. The van der Waals surface area contributed by atoms with Crippen LogP contribution in [0.1, 0.15) is 27.4 Å². The van der Waals surface area contributed by atoms with Crippen LogP contribution in [0.4, 0.5) is 4.39 Å². The molecule has 4 rings (SSSR count). The lowest BCUT2D eigenvalue weighted by Gasteiger charge is -2.25. The number of halogens is 2. The number of rotatable bonds is 6. The van der Waals surface area contributed by atoms with Crippen LogP contribution in [0.2, 0.25) is 5.02 Å². The number of likely N-dealkylation sites (N-methyl/N-ethyl adjacent to an activating group) is 1. The van der Waals surface area contributed by atoms with Crippen LogP contribution in [0.3, 0.4) is 0 Å². The molecule has 0 fully saturated rings. The summed E-state index contributed by atoms with van der Waals surface area (Å²) in [5, 5.41) is 9.60. The monoisotopic (exact) mass is 471 g/mol. The lowest BCUT2D eigenvalue weighted by Crippen LogP contribution is -2.37. The number of aromatic nitrogens is 2. The van der Waals surface area contributed by atoms with E-state index in [1.165, 1.54) is 24.3 Å². The van der Waals surface area contributed by atoms with E-state index in [9.17, 15) is 19.1 Å². The number of carboxylic acid groups (broad SMARTS) is 1. The van der Waals surface area contributed by atoms with Crippen molar-refractivity contribution >= 4 is 17.6 Å². The first-order valence-electron chi connectivity index (χ1n) is 10.5. The van der Waals surface area contributed by atoms with Gasteiger partial charge in [-0.25, -0.2) is 14.2 Å². The lowest BCUT2D eigenvalue weighted by molar-refractivity contribution is 0.0692. The molecular formula is C24H23ClFN3O4. The summed E-state index contributed by atoms with van der Waals surface area (Å²) in [5.74, 6) is -1.29. The Hall–Kier alpha value is -3.23. The summed E-state index contributed by atoms with van der Waals surface area (Å²) < 4.78 is 22.4. The van der Waals surface area contributed by atoms with Gasteiger partial charge in [0.2, 0.25) is 0 Å². The third-order valence-electron chi connectivity index (χ3n) is 5.73. The quantitative estimate of drug-likeness (QED) is 0.589. The molecule has 1 aromatic heterocycles. The molecule has 0 atom stereocenters. The normalized spacial score (nSPS) is 13.6. The van der Waals surface area contributed by atoms with E-state index in [1.54, 1.807) is 23.6 Å². The first kappa shape index (κ1) is 22.9. The minimum absolute atomic E-state index is 0.0687. The standard InChI is InChI=1S/C24H23ClFN3O4/c1-14-27-20-8-9-28(2)13-19(20)23(30)29(14)10-11-33-21-7-6-15(25)12-18(21)16-4-3-5-17(22(16)26)24(31)32/h3-7,12H,8-11,13H2,1-2H3,(H,31,32). The van der Waals surface area contributed by atoms with Crippen molar-refractivity contribution in [1.82, 2.24) is 14.5 Å². The zero-order valence-corrected chi connectivity index (χ0v) is 19.0. The second-order valence-corrected chi connectivity index (χ2v) is 8.43. The third-order valence-corrected chi connectivity index (χ3v) is 5.97. The highest BCUT2D eigenvalue weighted by molar-refractivity contribution is 6.31. The average Bonchev–Trinajstić information content (AvgIpc) is 2.77. The van der Waals surface area contributed by atoms with E-state index < -0.39 is 17.3 Å². The summed E-state index contributed by atoms with van der Waals surface area (Å²) in [6.45, 7) is 3.61. The summed E-state index contributed by atoms with van der Waals surface area (Å²) in [5.41, 5.74) is 1.43. The van der Waals surface area contributed by atoms with Crippen LogP contribution in [0.25, 0.3) is 11.1 Å². The highest BCUT2D eigenvalue weighted by Crippen LogP contribution is 2.35. The average molecular weight is 472 g/mol. The van der Waals surface area contributed by atoms with Crippen molar-refractivity contribution in [2.75, 3.05) is 20.2 Å². The molecule has 0 radical (unpaired) electrons. The summed E-state index contributed by atoms with van der Waals surface area (Å²) in [6, 6.07) is 8.86. The molecule has 0 bridgehead atoms. The van der Waals surface area contributed by atoms with Gasteiger partial charge in [0, 0.05) is 35.7 Å². The van der Waals surface area contributed by atoms with Gasteiger partial charge in [-0.2, -0.15) is 0 Å². The molecular weight excluding hydrogens is 449 g/mol. The van der Waals surface area contributed by atoms with Gasteiger partial charge in [-0.05, 0) is 38.2 Å². The van der Waals surface area contributed by atoms with Gasteiger partial charge in [0.15, 0.2) is 0 Å². The highest BCUT2D eigenvalue weighted by atomic mass is 35.5. The summed E-state index contributed by atoms with van der Waals surface area (Å²) >= 11 is 6.12. The van der Waals surface area contributed by atoms with Crippen molar-refractivity contribution in [3.63, 3.8) is 0 Å². The van der Waals surface area contributed by atoms with Crippen LogP contribution in [0.5, 0.6) is 5.75 Å². The second kappa shape index (κ2) is 9.33. The molecule has 0 saturated heterocycles. The number of fused-ring (bicyclic) bond motifs is 1. The molecule has 2 heterocycles. The number of aryl methyl sites for hydroxylation is 1. The maximum atomic E-state index is 14.9. The number of carbonyl (C=O) groups is 1. The number of aromatic carboxylic acids is 1. The zero-order chi connectivity index (χ0) is 23.7. The third kappa shape index (κ3) is 4.62. The summed E-state index contributed by atoms with van der Waals surface area (Å²) in [4.78, 5) is 31.0. The fourth-order valence-electron chi connectivity index (χ4n) is 4.02. The van der Waals surface area contributed by atoms with Gasteiger partial charge in [-0.1, -0.05) is 23.7 Å². The Morgan fingerprint density at radius 1 is 1.27 bits per heavy atom. The largest absolute Gasteiger partial charge is 0.491 e. The summed E-state index contributed by atoms with van der Waals surface area (Å²) in [7, 11) is 1.97. The topological polar surface area (TPSA) is 84.7 Å². The van der Waals surface area contributed by atoms with Crippen molar-refractivity contribution in [3.05, 3.63) is 80.2 Å². The van der Waals surface area contributed by atoms with Crippen molar-refractivity contribution in [3.8, 4) is 16.9 Å². The molecule has 0 aliphatic carbocycles. The number of carboxylic acids is 1. The molecule has 0 unspecified atom stereocenters. The van der Waals surface area contributed by atoms with E-state index in [4.69, 9.17) is 16.3 Å². The minimum Gasteiger partial charge on any atom is -0.491 e. The van der Waals surface area contributed by atoms with Crippen LogP contribution in [-0.4, -0.2) is 45.7 Å². The fourth-order valence-corrected chi connectivity index (χ4v) is 4.19. The molecule has 9 heteroatoms. The van der Waals surface area contributed by atoms with E-state index >= 15 is 0 Å². The SMILES string of the molecule is Cc1nc2c(c(=O)n1CCOc1ccc(Cl)cc1-c1cccc(C(=O)O)c1F)CN(C)CC2. The van der Waals surface area contributed by atoms with Gasteiger partial charge in [0.05, 0.1) is 23.4 Å². The molecule has 0 spiro atoms. The van der Waals surface area contributed by atoms with Gasteiger partial charge in [-0.15, -0.1) is 0 Å². The van der Waals surface area contributed by atoms with Gasteiger partial charge in [0.25, 0.3) is 5.56 Å².